The molecule has 0 unspecified atom stereocenters. The zero-order chi connectivity index (χ0) is 10.4. The second-order valence-corrected chi connectivity index (χ2v) is 3.17. The van der Waals surface area contributed by atoms with Gasteiger partial charge < -0.3 is 11.5 Å². The predicted molar refractivity (Wildman–Crippen MR) is 55.6 cm³/mol. The first-order valence-electron chi connectivity index (χ1n) is 4.64. The molecule has 0 atom stereocenters. The molecule has 4 nitrogen and oxygen atoms in total. The van der Waals surface area contributed by atoms with Gasteiger partial charge in [-0.1, -0.05) is 6.07 Å². The number of hydrogen-bond donors (Lipinski definition) is 2. The Hall–Kier alpha value is -1.42. The number of Topliss-reactive ketones (excluding diaryl/α,β-unsaturated/α-hetero) is 1. The van der Waals surface area contributed by atoms with Gasteiger partial charge >= 0.3 is 0 Å². The van der Waals surface area contributed by atoms with Gasteiger partial charge in [0.2, 0.25) is 0 Å². The van der Waals surface area contributed by atoms with E-state index in [0.717, 1.165) is 5.56 Å². The van der Waals surface area contributed by atoms with Crippen molar-refractivity contribution in [1.29, 1.82) is 0 Å². The van der Waals surface area contributed by atoms with Gasteiger partial charge in [0.15, 0.2) is 0 Å². The molecule has 4 heteroatoms. The van der Waals surface area contributed by atoms with E-state index in [1.54, 1.807) is 12.3 Å². The van der Waals surface area contributed by atoms with Crippen molar-refractivity contribution in [3.63, 3.8) is 0 Å². The third-order valence-electron chi connectivity index (χ3n) is 1.96. The molecular weight excluding hydrogens is 178 g/mol. The zero-order valence-corrected chi connectivity index (χ0v) is 8.07. The molecular formula is C10H15N3O. The molecule has 1 heterocycles. The molecule has 4 N–H and O–H groups in total. The molecule has 0 aliphatic carbocycles. The summed E-state index contributed by atoms with van der Waals surface area (Å²) in [6.45, 7) is 0.429. The molecule has 1 rings (SSSR count). The lowest BCUT2D eigenvalue weighted by atomic mass is 10.1. The van der Waals surface area contributed by atoms with Crippen molar-refractivity contribution in [2.45, 2.75) is 19.3 Å². The van der Waals surface area contributed by atoms with Crippen molar-refractivity contribution in [3.8, 4) is 0 Å². The molecule has 0 amide bonds. The first-order chi connectivity index (χ1) is 6.72. The fraction of sp³-hybridized carbons (Fsp3) is 0.400. The van der Waals surface area contributed by atoms with E-state index in [0.29, 0.717) is 31.6 Å². The molecule has 0 fully saturated rings. The minimum atomic E-state index is 0.198. The number of aryl methyl sites for hydroxylation is 1. The third-order valence-corrected chi connectivity index (χ3v) is 1.96. The maximum absolute atomic E-state index is 11.2. The molecule has 76 valence electrons. The zero-order valence-electron chi connectivity index (χ0n) is 8.07. The second kappa shape index (κ2) is 5.34. The van der Waals surface area contributed by atoms with E-state index in [-0.39, 0.29) is 5.78 Å². The summed E-state index contributed by atoms with van der Waals surface area (Å²) in [5.41, 5.74) is 11.7. The van der Waals surface area contributed by atoms with Gasteiger partial charge in [0.25, 0.3) is 0 Å². The molecule has 0 aliphatic rings. The topological polar surface area (TPSA) is 82.0 Å². The standard InChI is InChI=1S/C10H15N3O/c11-6-5-9(14)3-1-8-2-4-10(12)13-7-8/h2,4,7H,1,3,5-6,11H2,(H2,12,13). The molecule has 0 aromatic carbocycles. The Morgan fingerprint density at radius 3 is 2.71 bits per heavy atom. The third kappa shape index (κ3) is 3.53. The second-order valence-electron chi connectivity index (χ2n) is 3.17. The molecule has 14 heavy (non-hydrogen) atoms. The van der Waals surface area contributed by atoms with Gasteiger partial charge in [-0.25, -0.2) is 4.98 Å². The van der Waals surface area contributed by atoms with Crippen LogP contribution in [-0.4, -0.2) is 17.3 Å². The molecule has 0 aliphatic heterocycles. The van der Waals surface area contributed by atoms with Gasteiger partial charge in [-0.15, -0.1) is 0 Å². The van der Waals surface area contributed by atoms with E-state index in [1.165, 1.54) is 0 Å². The Morgan fingerprint density at radius 2 is 2.14 bits per heavy atom. The number of carbonyl (C=O) groups is 1. The van der Waals surface area contributed by atoms with E-state index < -0.39 is 0 Å². The van der Waals surface area contributed by atoms with E-state index in [4.69, 9.17) is 11.5 Å². The number of aromatic nitrogens is 1. The van der Waals surface area contributed by atoms with Crippen molar-refractivity contribution >= 4 is 11.6 Å². The predicted octanol–water partition coefficient (Wildman–Crippen LogP) is 0.514. The first-order valence-corrected chi connectivity index (χ1v) is 4.64. The Kier molecular flexibility index (Phi) is 4.07. The lowest BCUT2D eigenvalue weighted by molar-refractivity contribution is -0.118. The number of nitrogens with two attached hydrogens (primary N) is 2. The van der Waals surface area contributed by atoms with Crippen molar-refractivity contribution in [2.75, 3.05) is 12.3 Å². The summed E-state index contributed by atoms with van der Waals surface area (Å²) in [7, 11) is 0. The van der Waals surface area contributed by atoms with Gasteiger partial charge in [-0.3, -0.25) is 4.79 Å². The van der Waals surface area contributed by atoms with Crippen LogP contribution in [0.5, 0.6) is 0 Å². The lowest BCUT2D eigenvalue weighted by Gasteiger charge is -2.00. The minimum Gasteiger partial charge on any atom is -0.384 e. The fourth-order valence-electron chi connectivity index (χ4n) is 1.15. The quantitative estimate of drug-likeness (QED) is 0.714. The van der Waals surface area contributed by atoms with Crippen LogP contribution in [0.25, 0.3) is 0 Å². The molecule has 0 bridgehead atoms. The Bertz CT molecular complexity index is 295. The van der Waals surface area contributed by atoms with Gasteiger partial charge in [0.1, 0.15) is 11.6 Å². The monoisotopic (exact) mass is 193 g/mol. The largest absolute Gasteiger partial charge is 0.384 e. The van der Waals surface area contributed by atoms with Crippen molar-refractivity contribution in [2.24, 2.45) is 5.73 Å². The SMILES string of the molecule is NCCC(=O)CCc1ccc(N)nc1. The van der Waals surface area contributed by atoms with Crippen LogP contribution in [0.1, 0.15) is 18.4 Å². The summed E-state index contributed by atoms with van der Waals surface area (Å²) < 4.78 is 0. The van der Waals surface area contributed by atoms with Crippen molar-refractivity contribution < 1.29 is 4.79 Å². The molecule has 1 aromatic heterocycles. The molecule has 0 saturated heterocycles. The fourth-order valence-corrected chi connectivity index (χ4v) is 1.15. The van der Waals surface area contributed by atoms with E-state index in [9.17, 15) is 4.79 Å². The highest BCUT2D eigenvalue weighted by atomic mass is 16.1. The number of rotatable bonds is 5. The minimum absolute atomic E-state index is 0.198. The Labute approximate surface area is 83.3 Å². The van der Waals surface area contributed by atoms with Crippen LogP contribution >= 0.6 is 0 Å². The average Bonchev–Trinajstić information content (AvgIpc) is 2.17. The number of pyridine rings is 1. The van der Waals surface area contributed by atoms with Gasteiger partial charge in [0.05, 0.1) is 0 Å². The molecule has 0 spiro atoms. The number of ketones is 1. The highest BCUT2D eigenvalue weighted by Gasteiger charge is 2.01. The summed E-state index contributed by atoms with van der Waals surface area (Å²) >= 11 is 0. The maximum atomic E-state index is 11.2. The summed E-state index contributed by atoms with van der Waals surface area (Å²) in [6.07, 6.45) is 3.41. The first kappa shape index (κ1) is 10.7. The van der Waals surface area contributed by atoms with Crippen LogP contribution in [0.3, 0.4) is 0 Å². The summed E-state index contributed by atoms with van der Waals surface area (Å²) in [5.74, 6) is 0.700. The van der Waals surface area contributed by atoms with Gasteiger partial charge in [-0.2, -0.15) is 0 Å². The molecule has 0 saturated carbocycles. The summed E-state index contributed by atoms with van der Waals surface area (Å²) in [4.78, 5) is 15.1. The number of carbonyl (C=O) groups excluding carboxylic acids is 1. The molecule has 0 radical (unpaired) electrons. The summed E-state index contributed by atoms with van der Waals surface area (Å²) in [6, 6.07) is 3.63. The Morgan fingerprint density at radius 1 is 1.36 bits per heavy atom. The number of nitrogens with zero attached hydrogens (tertiary/aromatic N) is 1. The number of anilines is 1. The normalized spacial score (nSPS) is 10.1. The van der Waals surface area contributed by atoms with E-state index in [1.807, 2.05) is 6.07 Å². The van der Waals surface area contributed by atoms with E-state index in [2.05, 4.69) is 4.98 Å². The van der Waals surface area contributed by atoms with Gasteiger partial charge in [0, 0.05) is 19.0 Å². The van der Waals surface area contributed by atoms with Crippen molar-refractivity contribution in [3.05, 3.63) is 23.9 Å². The number of nitrogen functional groups attached to an aromatic ring is 1. The highest BCUT2D eigenvalue weighted by Crippen LogP contribution is 2.05. The Balaban J connectivity index is 2.38. The van der Waals surface area contributed by atoms with Crippen LogP contribution in [0, 0.1) is 0 Å². The summed E-state index contributed by atoms with van der Waals surface area (Å²) in [5, 5.41) is 0. The van der Waals surface area contributed by atoms with Crippen molar-refractivity contribution in [1.82, 2.24) is 4.98 Å². The number of hydrogen-bond acceptors (Lipinski definition) is 4. The average molecular weight is 193 g/mol. The van der Waals surface area contributed by atoms with Crippen LogP contribution in [-0.2, 0) is 11.2 Å². The maximum Gasteiger partial charge on any atom is 0.134 e. The smallest absolute Gasteiger partial charge is 0.134 e. The van der Waals surface area contributed by atoms with Gasteiger partial charge in [-0.05, 0) is 24.6 Å². The van der Waals surface area contributed by atoms with Crippen LogP contribution in [0.4, 0.5) is 5.82 Å². The van der Waals surface area contributed by atoms with Crippen LogP contribution in [0.2, 0.25) is 0 Å². The van der Waals surface area contributed by atoms with Crippen LogP contribution in [0.15, 0.2) is 18.3 Å². The van der Waals surface area contributed by atoms with Crippen LogP contribution < -0.4 is 11.5 Å². The molecule has 1 aromatic rings. The highest BCUT2D eigenvalue weighted by molar-refractivity contribution is 5.78. The van der Waals surface area contributed by atoms with E-state index >= 15 is 0 Å². The lowest BCUT2D eigenvalue weighted by Crippen LogP contribution is -2.08.